The van der Waals surface area contributed by atoms with Crippen molar-refractivity contribution in [2.24, 2.45) is 5.73 Å². The third kappa shape index (κ3) is 3.02. The van der Waals surface area contributed by atoms with E-state index in [1.165, 1.54) is 19.1 Å². The van der Waals surface area contributed by atoms with E-state index in [1.54, 1.807) is 0 Å². The highest BCUT2D eigenvalue weighted by atomic mass is 35.5. The third-order valence-electron chi connectivity index (χ3n) is 4.21. The summed E-state index contributed by atoms with van der Waals surface area (Å²) in [6, 6.07) is 4.06. The average Bonchev–Trinajstić information content (AvgIpc) is 2.86. The number of phenolic OH excluding ortho intramolecular Hbond substituents is 1. The molecule has 0 unspecified atom stereocenters. The monoisotopic (exact) mass is 396 g/mol. The van der Waals surface area contributed by atoms with Crippen LogP contribution in [0.2, 0.25) is 5.02 Å². The van der Waals surface area contributed by atoms with Gasteiger partial charge in [0, 0.05) is 22.7 Å². The molecule has 0 aliphatic rings. The normalized spacial score (nSPS) is 11.1. The molecule has 0 radical (unpaired) electrons. The van der Waals surface area contributed by atoms with E-state index in [2.05, 4.69) is 0 Å². The lowest BCUT2D eigenvalue weighted by Crippen LogP contribution is -2.16. The van der Waals surface area contributed by atoms with Crippen LogP contribution in [0.5, 0.6) is 5.75 Å². The molecule has 1 aromatic heterocycles. The second kappa shape index (κ2) is 6.62. The van der Waals surface area contributed by atoms with E-state index in [0.29, 0.717) is 0 Å². The average molecular weight is 397 g/mol. The number of carbonyl (C=O) groups excluding carboxylic acids is 2. The maximum absolute atomic E-state index is 14.5. The molecule has 0 aliphatic heterocycles. The molecule has 0 spiro atoms. The lowest BCUT2D eigenvalue weighted by Gasteiger charge is -2.08. The van der Waals surface area contributed by atoms with E-state index in [4.69, 9.17) is 17.3 Å². The maximum atomic E-state index is 14.5. The summed E-state index contributed by atoms with van der Waals surface area (Å²) in [6.45, 7) is 1.40. The number of fused-ring (bicyclic) bond motifs is 1. The molecule has 3 rings (SSSR count). The van der Waals surface area contributed by atoms with Crippen molar-refractivity contribution in [1.82, 2.24) is 4.57 Å². The van der Waals surface area contributed by atoms with Gasteiger partial charge in [-0.1, -0.05) is 11.6 Å². The van der Waals surface area contributed by atoms with E-state index in [-0.39, 0.29) is 32.7 Å². The van der Waals surface area contributed by atoms with Gasteiger partial charge in [-0.25, -0.2) is 13.2 Å². The zero-order valence-corrected chi connectivity index (χ0v) is 14.6. The Bertz CT molecular complexity index is 1130. The molecular formula is C18H12ClF3N2O3. The first-order valence-corrected chi connectivity index (χ1v) is 8.00. The van der Waals surface area contributed by atoms with Crippen LogP contribution < -0.4 is 5.73 Å². The first-order valence-electron chi connectivity index (χ1n) is 7.62. The highest BCUT2D eigenvalue weighted by molar-refractivity contribution is 6.30. The number of aromatic nitrogens is 1. The molecule has 9 heteroatoms. The number of amides is 1. The molecule has 0 saturated heterocycles. The fraction of sp³-hybridized carbons (Fsp3) is 0.111. The Balaban J connectivity index is 2.35. The Hall–Kier alpha value is -3.00. The highest BCUT2D eigenvalue weighted by Gasteiger charge is 2.26. The quantitative estimate of drug-likeness (QED) is 0.711. The van der Waals surface area contributed by atoms with Gasteiger partial charge in [-0.3, -0.25) is 14.2 Å². The van der Waals surface area contributed by atoms with Gasteiger partial charge < -0.3 is 10.8 Å². The third-order valence-corrected chi connectivity index (χ3v) is 4.52. The molecule has 0 bridgehead atoms. The number of rotatable bonds is 3. The summed E-state index contributed by atoms with van der Waals surface area (Å²) in [6.07, 6.45) is -0.445. The Morgan fingerprint density at radius 1 is 1.19 bits per heavy atom. The van der Waals surface area contributed by atoms with Gasteiger partial charge in [0.2, 0.25) is 5.91 Å². The molecule has 2 aromatic carbocycles. The number of nitrogens with zero attached hydrogens (tertiary/aromatic N) is 1. The molecular weight excluding hydrogens is 385 g/mol. The predicted molar refractivity (Wildman–Crippen MR) is 92.3 cm³/mol. The number of benzene rings is 2. The maximum Gasteiger partial charge on any atom is 0.262 e. The van der Waals surface area contributed by atoms with Crippen molar-refractivity contribution in [3.63, 3.8) is 0 Å². The highest BCUT2D eigenvalue weighted by Crippen LogP contribution is 2.35. The van der Waals surface area contributed by atoms with Crippen molar-refractivity contribution in [2.75, 3.05) is 0 Å². The van der Waals surface area contributed by atoms with Crippen LogP contribution in [0.15, 0.2) is 24.3 Å². The van der Waals surface area contributed by atoms with E-state index in [1.807, 2.05) is 0 Å². The topological polar surface area (TPSA) is 85.3 Å². The summed E-state index contributed by atoms with van der Waals surface area (Å²) in [5, 5.41) is 9.05. The summed E-state index contributed by atoms with van der Waals surface area (Å²) in [4.78, 5) is 24.2. The summed E-state index contributed by atoms with van der Waals surface area (Å²) in [5.41, 5.74) is 4.95. The van der Waals surface area contributed by atoms with E-state index >= 15 is 0 Å². The van der Waals surface area contributed by atoms with E-state index in [9.17, 15) is 27.9 Å². The number of primary amides is 1. The fourth-order valence-electron chi connectivity index (χ4n) is 2.97. The van der Waals surface area contributed by atoms with Crippen molar-refractivity contribution in [1.29, 1.82) is 0 Å². The molecule has 0 aliphatic carbocycles. The van der Waals surface area contributed by atoms with Crippen LogP contribution in [-0.4, -0.2) is 21.5 Å². The molecule has 3 aromatic rings. The Kier molecular flexibility index (Phi) is 4.61. The van der Waals surface area contributed by atoms with E-state index < -0.39 is 41.4 Å². The van der Waals surface area contributed by atoms with Crippen molar-refractivity contribution in [3.8, 4) is 5.75 Å². The van der Waals surface area contributed by atoms with Gasteiger partial charge in [0.05, 0.1) is 17.0 Å². The number of phenols is 1. The summed E-state index contributed by atoms with van der Waals surface area (Å²) >= 11 is 5.61. The Morgan fingerprint density at radius 2 is 1.85 bits per heavy atom. The minimum atomic E-state index is -1.32. The van der Waals surface area contributed by atoms with Gasteiger partial charge in [-0.2, -0.15) is 0 Å². The first kappa shape index (κ1) is 18.8. The molecule has 1 heterocycles. The van der Waals surface area contributed by atoms with Crippen LogP contribution in [0.3, 0.4) is 0 Å². The number of nitrogens with two attached hydrogens (primary N) is 1. The zero-order chi connectivity index (χ0) is 20.0. The van der Waals surface area contributed by atoms with Gasteiger partial charge >= 0.3 is 0 Å². The lowest BCUT2D eigenvalue weighted by molar-refractivity contribution is -0.117. The largest absolute Gasteiger partial charge is 0.503 e. The van der Waals surface area contributed by atoms with Crippen LogP contribution in [0.1, 0.15) is 21.6 Å². The molecule has 140 valence electrons. The predicted octanol–water partition coefficient (Wildman–Crippen LogP) is 3.44. The fourth-order valence-corrected chi connectivity index (χ4v) is 3.08. The van der Waals surface area contributed by atoms with Crippen LogP contribution in [0, 0.1) is 24.4 Å². The molecule has 0 fully saturated rings. The van der Waals surface area contributed by atoms with Gasteiger partial charge in [0.15, 0.2) is 17.4 Å². The second-order valence-electron chi connectivity index (χ2n) is 5.89. The minimum Gasteiger partial charge on any atom is -0.503 e. The summed E-state index contributed by atoms with van der Waals surface area (Å²) in [7, 11) is 0. The van der Waals surface area contributed by atoms with Gasteiger partial charge in [-0.15, -0.1) is 0 Å². The number of aromatic hydroxyl groups is 1. The summed E-state index contributed by atoms with van der Waals surface area (Å²) < 4.78 is 43.0. The standard InChI is InChI=1S/C18H12ClF3N2O3/c1-7-9(5-14(23)25)15-13(6-12(21)17(26)16(15)22)24(7)18(27)8-2-3-10(19)11(20)4-8/h2-4,6,26H,5H2,1H3,(H2,23,25). The molecule has 5 nitrogen and oxygen atoms in total. The Labute approximate surface area is 155 Å². The lowest BCUT2D eigenvalue weighted by atomic mass is 10.1. The van der Waals surface area contributed by atoms with Crippen molar-refractivity contribution in [2.45, 2.75) is 13.3 Å². The number of hydrogen-bond acceptors (Lipinski definition) is 3. The van der Waals surface area contributed by atoms with Gasteiger partial charge in [-0.05, 0) is 30.7 Å². The first-order chi connectivity index (χ1) is 12.6. The number of halogens is 4. The van der Waals surface area contributed by atoms with Crippen molar-refractivity contribution < 1.29 is 27.9 Å². The molecule has 1 amide bonds. The Morgan fingerprint density at radius 3 is 2.44 bits per heavy atom. The van der Waals surface area contributed by atoms with Crippen molar-refractivity contribution in [3.05, 3.63) is 63.6 Å². The smallest absolute Gasteiger partial charge is 0.262 e. The number of hydrogen-bond donors (Lipinski definition) is 2. The van der Waals surface area contributed by atoms with Crippen LogP contribution in [-0.2, 0) is 11.2 Å². The van der Waals surface area contributed by atoms with E-state index in [0.717, 1.165) is 16.7 Å². The second-order valence-corrected chi connectivity index (χ2v) is 6.30. The van der Waals surface area contributed by atoms with Crippen molar-refractivity contribution >= 4 is 34.3 Å². The van der Waals surface area contributed by atoms with Gasteiger partial charge in [0.1, 0.15) is 5.82 Å². The molecule has 27 heavy (non-hydrogen) atoms. The minimum absolute atomic E-state index is 0.0214. The molecule has 3 N–H and O–H groups in total. The van der Waals surface area contributed by atoms with Crippen LogP contribution in [0.25, 0.3) is 10.9 Å². The summed E-state index contributed by atoms with van der Waals surface area (Å²) in [5.74, 6) is -6.31. The van der Waals surface area contributed by atoms with Crippen LogP contribution in [0.4, 0.5) is 13.2 Å². The molecule has 0 atom stereocenters. The molecule has 0 saturated carbocycles. The van der Waals surface area contributed by atoms with Crippen LogP contribution >= 0.6 is 11.6 Å². The zero-order valence-electron chi connectivity index (χ0n) is 13.8. The van der Waals surface area contributed by atoms with Gasteiger partial charge in [0.25, 0.3) is 5.91 Å². The SMILES string of the molecule is Cc1c(CC(N)=O)c2c(F)c(O)c(F)cc2n1C(=O)c1ccc(Cl)c(F)c1. The number of carbonyl (C=O) groups is 2.